The summed E-state index contributed by atoms with van der Waals surface area (Å²) in [4.78, 5) is 15.6. The predicted octanol–water partition coefficient (Wildman–Crippen LogP) is 4.26. The van der Waals surface area contributed by atoms with Gasteiger partial charge >= 0.3 is 6.36 Å². The van der Waals surface area contributed by atoms with Crippen molar-refractivity contribution < 1.29 is 17.9 Å². The third kappa shape index (κ3) is 3.18. The Hall–Kier alpha value is -2.61. The standard InChI is InChI=1S/C16H11F3N2O2S/c1-9-2-7-13-12(8-9)14(22)21(15(24)20-13)10-3-5-11(6-4-10)23-16(17,18)19/h2-8H,1H3,(H,20,24). The quantitative estimate of drug-likeness (QED) is 0.701. The molecular weight excluding hydrogens is 341 g/mol. The highest BCUT2D eigenvalue weighted by atomic mass is 32.1. The van der Waals surface area contributed by atoms with Gasteiger partial charge in [0.2, 0.25) is 0 Å². The van der Waals surface area contributed by atoms with Crippen molar-refractivity contribution in [3.8, 4) is 11.4 Å². The van der Waals surface area contributed by atoms with Gasteiger partial charge in [-0.3, -0.25) is 9.36 Å². The van der Waals surface area contributed by atoms with E-state index in [-0.39, 0.29) is 16.1 Å². The Kier molecular flexibility index (Phi) is 3.92. The normalized spacial score (nSPS) is 11.7. The van der Waals surface area contributed by atoms with Crippen LogP contribution >= 0.6 is 12.2 Å². The average Bonchev–Trinajstić information content (AvgIpc) is 2.48. The van der Waals surface area contributed by atoms with Crippen molar-refractivity contribution in [3.63, 3.8) is 0 Å². The van der Waals surface area contributed by atoms with Crippen LogP contribution in [0.25, 0.3) is 16.6 Å². The summed E-state index contributed by atoms with van der Waals surface area (Å²) < 4.78 is 41.8. The number of aromatic nitrogens is 2. The molecule has 0 bridgehead atoms. The summed E-state index contributed by atoms with van der Waals surface area (Å²) in [6.45, 7) is 1.86. The minimum atomic E-state index is -4.77. The smallest absolute Gasteiger partial charge is 0.406 e. The molecule has 1 N–H and O–H groups in total. The Morgan fingerprint density at radius 1 is 1.12 bits per heavy atom. The zero-order chi connectivity index (χ0) is 17.5. The van der Waals surface area contributed by atoms with E-state index in [1.54, 1.807) is 12.1 Å². The molecule has 2 aromatic carbocycles. The van der Waals surface area contributed by atoms with Crippen LogP contribution in [0.5, 0.6) is 5.75 Å². The van der Waals surface area contributed by atoms with Crippen LogP contribution < -0.4 is 10.3 Å². The molecule has 8 heteroatoms. The minimum Gasteiger partial charge on any atom is -0.406 e. The third-order valence-electron chi connectivity index (χ3n) is 3.38. The molecule has 0 fully saturated rings. The highest BCUT2D eigenvalue weighted by Gasteiger charge is 2.31. The highest BCUT2D eigenvalue weighted by molar-refractivity contribution is 7.71. The monoisotopic (exact) mass is 352 g/mol. The van der Waals surface area contributed by atoms with Crippen molar-refractivity contribution in [1.82, 2.24) is 9.55 Å². The number of halogens is 3. The number of nitrogens with zero attached hydrogens (tertiary/aromatic N) is 1. The molecule has 0 radical (unpaired) electrons. The Morgan fingerprint density at radius 2 is 1.79 bits per heavy atom. The lowest BCUT2D eigenvalue weighted by Crippen LogP contribution is -2.21. The Labute approximate surface area is 139 Å². The maximum absolute atomic E-state index is 12.7. The van der Waals surface area contributed by atoms with Crippen LogP contribution in [-0.4, -0.2) is 15.9 Å². The summed E-state index contributed by atoms with van der Waals surface area (Å²) in [6.07, 6.45) is -4.77. The van der Waals surface area contributed by atoms with E-state index in [4.69, 9.17) is 12.2 Å². The maximum atomic E-state index is 12.7. The number of H-pyrrole nitrogens is 1. The lowest BCUT2D eigenvalue weighted by Gasteiger charge is -2.11. The average molecular weight is 352 g/mol. The Bertz CT molecular complexity index is 1020. The molecule has 0 atom stereocenters. The van der Waals surface area contributed by atoms with Gasteiger partial charge in [0.25, 0.3) is 5.56 Å². The molecule has 3 rings (SSSR count). The van der Waals surface area contributed by atoms with Crippen LogP contribution in [0.15, 0.2) is 47.3 Å². The van der Waals surface area contributed by atoms with E-state index in [2.05, 4.69) is 9.72 Å². The molecule has 0 saturated heterocycles. The number of aryl methyl sites for hydroxylation is 1. The summed E-state index contributed by atoms with van der Waals surface area (Å²) in [6, 6.07) is 10.3. The van der Waals surface area contributed by atoms with E-state index >= 15 is 0 Å². The van der Waals surface area contributed by atoms with Crippen molar-refractivity contribution in [2.45, 2.75) is 13.3 Å². The molecule has 1 heterocycles. The zero-order valence-electron chi connectivity index (χ0n) is 12.3. The second-order valence-electron chi connectivity index (χ2n) is 5.16. The number of benzene rings is 2. The molecule has 0 aliphatic rings. The fourth-order valence-electron chi connectivity index (χ4n) is 2.36. The van der Waals surface area contributed by atoms with Crippen LogP contribution in [0, 0.1) is 11.7 Å². The first-order chi connectivity index (χ1) is 11.2. The van der Waals surface area contributed by atoms with Crippen LogP contribution in [-0.2, 0) is 0 Å². The molecule has 1 aromatic heterocycles. The van der Waals surface area contributed by atoms with E-state index in [9.17, 15) is 18.0 Å². The van der Waals surface area contributed by atoms with Crippen molar-refractivity contribution in [3.05, 3.63) is 63.2 Å². The summed E-state index contributed by atoms with van der Waals surface area (Å²) in [5.41, 5.74) is 1.51. The number of aromatic amines is 1. The van der Waals surface area contributed by atoms with E-state index < -0.39 is 6.36 Å². The van der Waals surface area contributed by atoms with Crippen molar-refractivity contribution >= 4 is 23.1 Å². The lowest BCUT2D eigenvalue weighted by molar-refractivity contribution is -0.274. The molecule has 0 amide bonds. The molecular formula is C16H11F3N2O2S. The van der Waals surface area contributed by atoms with E-state index in [1.165, 1.54) is 16.7 Å². The van der Waals surface area contributed by atoms with Gasteiger partial charge in [-0.25, -0.2) is 0 Å². The summed E-state index contributed by atoms with van der Waals surface area (Å²) in [5, 5.41) is 0.444. The molecule has 0 saturated carbocycles. The van der Waals surface area contributed by atoms with Crippen LogP contribution in [0.2, 0.25) is 0 Å². The maximum Gasteiger partial charge on any atom is 0.573 e. The first kappa shape index (κ1) is 16.3. The fraction of sp³-hybridized carbons (Fsp3) is 0.125. The number of hydrogen-bond donors (Lipinski definition) is 1. The number of hydrogen-bond acceptors (Lipinski definition) is 3. The van der Waals surface area contributed by atoms with Crippen molar-refractivity contribution in [1.29, 1.82) is 0 Å². The Balaban J connectivity index is 2.12. The first-order valence-electron chi connectivity index (χ1n) is 6.86. The van der Waals surface area contributed by atoms with Crippen LogP contribution in [0.4, 0.5) is 13.2 Å². The van der Waals surface area contributed by atoms with E-state index in [0.29, 0.717) is 16.6 Å². The van der Waals surface area contributed by atoms with E-state index in [1.807, 2.05) is 13.0 Å². The second-order valence-corrected chi connectivity index (χ2v) is 5.55. The van der Waals surface area contributed by atoms with Gasteiger partial charge < -0.3 is 9.72 Å². The molecule has 4 nitrogen and oxygen atoms in total. The van der Waals surface area contributed by atoms with Gasteiger partial charge in [0, 0.05) is 0 Å². The topological polar surface area (TPSA) is 47.0 Å². The van der Waals surface area contributed by atoms with Crippen molar-refractivity contribution in [2.75, 3.05) is 0 Å². The van der Waals surface area contributed by atoms with Gasteiger partial charge in [-0.15, -0.1) is 13.2 Å². The van der Waals surface area contributed by atoms with Gasteiger partial charge in [0.05, 0.1) is 16.6 Å². The molecule has 0 unspecified atom stereocenters. The Morgan fingerprint density at radius 3 is 2.42 bits per heavy atom. The fourth-order valence-corrected chi connectivity index (χ4v) is 2.66. The molecule has 0 aliphatic heterocycles. The summed E-state index contributed by atoms with van der Waals surface area (Å²) in [7, 11) is 0. The number of nitrogens with one attached hydrogen (secondary N) is 1. The summed E-state index contributed by atoms with van der Waals surface area (Å²) >= 11 is 5.20. The van der Waals surface area contributed by atoms with Crippen LogP contribution in [0.3, 0.4) is 0 Å². The highest BCUT2D eigenvalue weighted by Crippen LogP contribution is 2.23. The van der Waals surface area contributed by atoms with Gasteiger partial charge in [-0.1, -0.05) is 11.6 Å². The van der Waals surface area contributed by atoms with Gasteiger partial charge in [-0.05, 0) is 55.5 Å². The van der Waals surface area contributed by atoms with Crippen LogP contribution in [0.1, 0.15) is 5.56 Å². The molecule has 24 heavy (non-hydrogen) atoms. The largest absolute Gasteiger partial charge is 0.573 e. The molecule has 0 spiro atoms. The SMILES string of the molecule is Cc1ccc2[nH]c(=S)n(-c3ccc(OC(F)(F)F)cc3)c(=O)c2c1. The number of alkyl halides is 3. The molecule has 0 aliphatic carbocycles. The number of fused-ring (bicyclic) bond motifs is 1. The number of ether oxygens (including phenoxy) is 1. The van der Waals surface area contributed by atoms with Crippen molar-refractivity contribution in [2.24, 2.45) is 0 Å². The van der Waals surface area contributed by atoms with E-state index in [0.717, 1.165) is 17.7 Å². The van der Waals surface area contributed by atoms with Gasteiger partial charge in [-0.2, -0.15) is 0 Å². The lowest BCUT2D eigenvalue weighted by atomic mass is 10.1. The minimum absolute atomic E-state index is 0.154. The zero-order valence-corrected chi connectivity index (χ0v) is 13.2. The molecule has 124 valence electrons. The van der Waals surface area contributed by atoms with Gasteiger partial charge in [0.1, 0.15) is 5.75 Å². The second kappa shape index (κ2) is 5.79. The number of rotatable bonds is 2. The van der Waals surface area contributed by atoms with Gasteiger partial charge in [0.15, 0.2) is 4.77 Å². The predicted molar refractivity (Wildman–Crippen MR) is 86.1 cm³/mol. The first-order valence-corrected chi connectivity index (χ1v) is 7.27. The molecule has 3 aromatic rings. The summed E-state index contributed by atoms with van der Waals surface area (Å²) in [5.74, 6) is -0.370. The third-order valence-corrected chi connectivity index (χ3v) is 3.67.